The van der Waals surface area contributed by atoms with Gasteiger partial charge < -0.3 is 5.11 Å². The maximum absolute atomic E-state index is 12.9. The minimum atomic E-state index is -3.43. The van der Waals surface area contributed by atoms with Crippen LogP contribution in [0.1, 0.15) is 49.7 Å². The van der Waals surface area contributed by atoms with E-state index >= 15 is 0 Å². The molecule has 0 aliphatic heterocycles. The zero-order chi connectivity index (χ0) is 16.4. The minimum Gasteiger partial charge on any atom is -0.396 e. The lowest BCUT2D eigenvalue weighted by Crippen LogP contribution is -2.39. The maximum atomic E-state index is 12.9. The molecule has 5 heteroatoms. The Morgan fingerprint density at radius 3 is 2.39 bits per heavy atom. The summed E-state index contributed by atoms with van der Waals surface area (Å²) in [4.78, 5) is 0.435. The van der Waals surface area contributed by atoms with Gasteiger partial charge >= 0.3 is 0 Å². The van der Waals surface area contributed by atoms with Crippen LogP contribution in [0.15, 0.2) is 23.1 Å². The quantitative estimate of drug-likeness (QED) is 0.919. The summed E-state index contributed by atoms with van der Waals surface area (Å²) in [6, 6.07) is 5.71. The fraction of sp³-hybridized carbons (Fsp3) is 0.667. The highest BCUT2D eigenvalue weighted by atomic mass is 32.2. The molecular formula is C18H27NO3S. The van der Waals surface area contributed by atoms with Crippen molar-refractivity contribution in [1.82, 2.24) is 4.31 Å². The number of hydrogen-bond donors (Lipinski definition) is 1. The zero-order valence-corrected chi connectivity index (χ0v) is 14.7. The van der Waals surface area contributed by atoms with Gasteiger partial charge in [0.2, 0.25) is 10.0 Å². The molecule has 23 heavy (non-hydrogen) atoms. The van der Waals surface area contributed by atoms with Gasteiger partial charge in [-0.1, -0.05) is 6.07 Å². The molecule has 4 nitrogen and oxygen atoms in total. The van der Waals surface area contributed by atoms with Crippen LogP contribution in [0.3, 0.4) is 0 Å². The fourth-order valence-electron chi connectivity index (χ4n) is 3.92. The Balaban J connectivity index is 1.78. The van der Waals surface area contributed by atoms with Crippen molar-refractivity contribution in [2.45, 2.75) is 62.3 Å². The molecule has 0 aromatic heterocycles. The maximum Gasteiger partial charge on any atom is 0.243 e. The van der Waals surface area contributed by atoms with Gasteiger partial charge in [-0.3, -0.25) is 0 Å². The summed E-state index contributed by atoms with van der Waals surface area (Å²) in [5, 5.41) is 9.23. The van der Waals surface area contributed by atoms with E-state index < -0.39 is 10.0 Å². The van der Waals surface area contributed by atoms with Crippen molar-refractivity contribution >= 4 is 10.0 Å². The largest absolute Gasteiger partial charge is 0.396 e. The van der Waals surface area contributed by atoms with Gasteiger partial charge in [0, 0.05) is 19.7 Å². The number of rotatable bonds is 4. The monoisotopic (exact) mass is 337 g/mol. The average Bonchev–Trinajstić information content (AvgIpc) is 2.60. The van der Waals surface area contributed by atoms with Crippen LogP contribution < -0.4 is 0 Å². The summed E-state index contributed by atoms with van der Waals surface area (Å²) in [6.45, 7) is 0.216. The van der Waals surface area contributed by atoms with Crippen molar-refractivity contribution in [2.75, 3.05) is 13.7 Å². The first kappa shape index (κ1) is 16.9. The lowest BCUT2D eigenvalue weighted by Gasteiger charge is -2.33. The summed E-state index contributed by atoms with van der Waals surface area (Å²) in [5.74, 6) is 0.339. The van der Waals surface area contributed by atoms with Gasteiger partial charge in [0.25, 0.3) is 0 Å². The second-order valence-corrected chi connectivity index (χ2v) is 9.01. The van der Waals surface area contributed by atoms with Crippen LogP contribution in [0.2, 0.25) is 0 Å². The summed E-state index contributed by atoms with van der Waals surface area (Å²) < 4.78 is 27.5. The van der Waals surface area contributed by atoms with Gasteiger partial charge in [0.1, 0.15) is 0 Å². The normalized spacial score (nSPS) is 25.3. The topological polar surface area (TPSA) is 57.6 Å². The smallest absolute Gasteiger partial charge is 0.243 e. The molecule has 1 N–H and O–H groups in total. The molecule has 0 atom stereocenters. The summed E-state index contributed by atoms with van der Waals surface area (Å²) >= 11 is 0. The summed E-state index contributed by atoms with van der Waals surface area (Å²) in [7, 11) is -1.72. The average molecular weight is 337 g/mol. The first-order valence-corrected chi connectivity index (χ1v) is 10.2. The molecule has 1 saturated carbocycles. The molecule has 1 aromatic rings. The molecule has 3 rings (SSSR count). The van der Waals surface area contributed by atoms with Gasteiger partial charge in [-0.15, -0.1) is 0 Å². The summed E-state index contributed by atoms with van der Waals surface area (Å²) in [5.41, 5.74) is 2.51. The highest BCUT2D eigenvalue weighted by Crippen LogP contribution is 2.31. The standard InChI is InChI=1S/C18H27NO3S/c1-19(17-9-6-14(13-20)7-10-17)23(21,22)18-11-8-15-4-2-3-5-16(15)12-18/h8,11-12,14,17,20H,2-7,9-10,13H2,1H3. The molecule has 2 aliphatic carbocycles. The number of fused-ring (bicyclic) bond motifs is 1. The van der Waals surface area contributed by atoms with Crippen LogP contribution in [0, 0.1) is 5.92 Å². The van der Waals surface area contributed by atoms with E-state index in [4.69, 9.17) is 0 Å². The van der Waals surface area contributed by atoms with Crippen molar-refractivity contribution in [2.24, 2.45) is 5.92 Å². The molecule has 0 unspecified atom stereocenters. The number of aryl methyl sites for hydroxylation is 2. The van der Waals surface area contributed by atoms with Crippen LogP contribution in [0.25, 0.3) is 0 Å². The van der Waals surface area contributed by atoms with Crippen molar-refractivity contribution in [3.63, 3.8) is 0 Å². The van der Waals surface area contributed by atoms with Crippen molar-refractivity contribution in [3.8, 4) is 0 Å². The van der Waals surface area contributed by atoms with Crippen molar-refractivity contribution in [1.29, 1.82) is 0 Å². The molecule has 0 heterocycles. The van der Waals surface area contributed by atoms with E-state index in [2.05, 4.69) is 0 Å². The number of aliphatic hydroxyl groups is 1. The molecule has 1 fully saturated rings. The van der Waals surface area contributed by atoms with Gasteiger partial charge in [0.15, 0.2) is 0 Å². The van der Waals surface area contributed by atoms with E-state index in [0.29, 0.717) is 10.8 Å². The van der Waals surface area contributed by atoms with Crippen LogP contribution in [0.4, 0.5) is 0 Å². The molecule has 2 aliphatic rings. The first-order chi connectivity index (χ1) is 11.0. The van der Waals surface area contributed by atoms with Crippen LogP contribution >= 0.6 is 0 Å². The lowest BCUT2D eigenvalue weighted by molar-refractivity contribution is 0.159. The van der Waals surface area contributed by atoms with E-state index in [1.807, 2.05) is 12.1 Å². The van der Waals surface area contributed by atoms with E-state index in [0.717, 1.165) is 44.9 Å². The molecule has 0 saturated heterocycles. The Morgan fingerprint density at radius 2 is 1.74 bits per heavy atom. The Kier molecular flexibility index (Phi) is 5.09. The third-order valence-electron chi connectivity index (χ3n) is 5.59. The van der Waals surface area contributed by atoms with Gasteiger partial charge in [-0.05, 0) is 80.5 Å². The second-order valence-electron chi connectivity index (χ2n) is 7.02. The van der Waals surface area contributed by atoms with Gasteiger partial charge in [-0.25, -0.2) is 8.42 Å². The predicted molar refractivity (Wildman–Crippen MR) is 90.9 cm³/mol. The number of nitrogens with zero attached hydrogens (tertiary/aromatic N) is 1. The van der Waals surface area contributed by atoms with Crippen molar-refractivity contribution in [3.05, 3.63) is 29.3 Å². The van der Waals surface area contributed by atoms with Crippen LogP contribution in [-0.4, -0.2) is 37.5 Å². The first-order valence-electron chi connectivity index (χ1n) is 8.73. The Morgan fingerprint density at radius 1 is 1.09 bits per heavy atom. The van der Waals surface area contributed by atoms with Gasteiger partial charge in [-0.2, -0.15) is 4.31 Å². The highest BCUT2D eigenvalue weighted by molar-refractivity contribution is 7.89. The molecule has 128 valence electrons. The number of hydrogen-bond acceptors (Lipinski definition) is 3. The second kappa shape index (κ2) is 6.91. The van der Waals surface area contributed by atoms with Gasteiger partial charge in [0.05, 0.1) is 4.90 Å². The third-order valence-corrected chi connectivity index (χ3v) is 7.49. The van der Waals surface area contributed by atoms with Crippen LogP contribution in [-0.2, 0) is 22.9 Å². The van der Waals surface area contributed by atoms with E-state index in [9.17, 15) is 13.5 Å². The third kappa shape index (κ3) is 3.47. The molecule has 0 radical (unpaired) electrons. The summed E-state index contributed by atoms with van der Waals surface area (Å²) in [6.07, 6.45) is 7.90. The predicted octanol–water partition coefficient (Wildman–Crippen LogP) is 2.74. The Hall–Kier alpha value is -0.910. The number of sulfonamides is 1. The van der Waals surface area contributed by atoms with E-state index in [1.54, 1.807) is 17.4 Å². The Labute approximate surface area is 139 Å². The van der Waals surface area contributed by atoms with Crippen molar-refractivity contribution < 1.29 is 13.5 Å². The van der Waals surface area contributed by atoms with E-state index in [1.165, 1.54) is 17.5 Å². The lowest BCUT2D eigenvalue weighted by atomic mass is 9.87. The minimum absolute atomic E-state index is 0.0545. The fourth-order valence-corrected chi connectivity index (χ4v) is 5.39. The molecular weight excluding hydrogens is 310 g/mol. The molecule has 1 aromatic carbocycles. The molecule has 0 bridgehead atoms. The van der Waals surface area contributed by atoms with E-state index in [-0.39, 0.29) is 12.6 Å². The van der Waals surface area contributed by atoms with Crippen LogP contribution in [0.5, 0.6) is 0 Å². The SMILES string of the molecule is CN(C1CCC(CO)CC1)S(=O)(=O)c1ccc2c(c1)CCCC2. The number of benzene rings is 1. The highest BCUT2D eigenvalue weighted by Gasteiger charge is 2.31. The molecule has 0 spiro atoms. The molecule has 0 amide bonds. The Bertz CT molecular complexity index is 648. The number of aliphatic hydroxyl groups excluding tert-OH is 1. The zero-order valence-electron chi connectivity index (χ0n) is 13.9.